The first kappa shape index (κ1) is 15.0. The average Bonchev–Trinajstić information content (AvgIpc) is 2.29. The summed E-state index contributed by atoms with van der Waals surface area (Å²) in [5.41, 5.74) is 10.3. The fourth-order valence-electron chi connectivity index (χ4n) is 1.36. The standard InChI is InChI=1S/C10H12F3N3O3/c1-2-18-9(17)7-5(3-14)6(15)4-16-8(7)19-10(11,12)13/h4H,2-3,14-15H2,1H3. The predicted octanol–water partition coefficient (Wildman–Crippen LogP) is 1.20. The molecule has 0 atom stereocenters. The molecule has 4 N–H and O–H groups in total. The van der Waals surface area contributed by atoms with Gasteiger partial charge in [-0.1, -0.05) is 0 Å². The van der Waals surface area contributed by atoms with Gasteiger partial charge in [0.1, 0.15) is 5.56 Å². The first-order valence-corrected chi connectivity index (χ1v) is 5.20. The van der Waals surface area contributed by atoms with Gasteiger partial charge in [0.05, 0.1) is 18.5 Å². The van der Waals surface area contributed by atoms with Crippen LogP contribution in [-0.4, -0.2) is 23.9 Å². The van der Waals surface area contributed by atoms with E-state index in [-0.39, 0.29) is 24.4 Å². The van der Waals surface area contributed by atoms with Crippen molar-refractivity contribution < 1.29 is 27.4 Å². The van der Waals surface area contributed by atoms with E-state index in [1.165, 1.54) is 6.92 Å². The number of aromatic nitrogens is 1. The fraction of sp³-hybridized carbons (Fsp3) is 0.400. The Morgan fingerprint density at radius 1 is 1.47 bits per heavy atom. The number of nitrogens with two attached hydrogens (primary N) is 2. The summed E-state index contributed by atoms with van der Waals surface area (Å²) in [5, 5.41) is 0. The Hall–Kier alpha value is -2.03. The lowest BCUT2D eigenvalue weighted by molar-refractivity contribution is -0.276. The summed E-state index contributed by atoms with van der Waals surface area (Å²) in [4.78, 5) is 15.0. The maximum atomic E-state index is 12.2. The van der Waals surface area contributed by atoms with E-state index in [0.29, 0.717) is 0 Å². The third-order valence-corrected chi connectivity index (χ3v) is 2.08. The number of hydrogen-bond acceptors (Lipinski definition) is 6. The molecule has 0 bridgehead atoms. The van der Waals surface area contributed by atoms with Gasteiger partial charge in [-0.25, -0.2) is 9.78 Å². The lowest BCUT2D eigenvalue weighted by Gasteiger charge is -2.15. The maximum Gasteiger partial charge on any atom is 0.574 e. The molecular formula is C10H12F3N3O3. The van der Waals surface area contributed by atoms with Crippen molar-refractivity contribution in [3.8, 4) is 5.88 Å². The number of pyridine rings is 1. The summed E-state index contributed by atoms with van der Waals surface area (Å²) in [6.45, 7) is 1.23. The summed E-state index contributed by atoms with van der Waals surface area (Å²) < 4.78 is 45.0. The van der Waals surface area contributed by atoms with E-state index >= 15 is 0 Å². The van der Waals surface area contributed by atoms with Crippen LogP contribution in [0, 0.1) is 0 Å². The van der Waals surface area contributed by atoms with Crippen LogP contribution in [0.1, 0.15) is 22.8 Å². The molecule has 1 aromatic heterocycles. The van der Waals surface area contributed by atoms with E-state index in [0.717, 1.165) is 6.20 Å². The van der Waals surface area contributed by atoms with E-state index < -0.39 is 23.8 Å². The minimum absolute atomic E-state index is 0.00676. The van der Waals surface area contributed by atoms with E-state index in [9.17, 15) is 18.0 Å². The molecule has 19 heavy (non-hydrogen) atoms. The van der Waals surface area contributed by atoms with Gasteiger partial charge in [-0.05, 0) is 6.92 Å². The molecule has 1 rings (SSSR count). The SMILES string of the molecule is CCOC(=O)c1c(OC(F)(F)F)ncc(N)c1CN. The molecule has 1 aromatic rings. The van der Waals surface area contributed by atoms with Crippen molar-refractivity contribution in [2.24, 2.45) is 5.73 Å². The van der Waals surface area contributed by atoms with Gasteiger partial charge in [-0.15, -0.1) is 13.2 Å². The highest BCUT2D eigenvalue weighted by molar-refractivity contribution is 5.95. The Kier molecular flexibility index (Phi) is 4.54. The Labute approximate surface area is 106 Å². The molecule has 0 spiro atoms. The topological polar surface area (TPSA) is 100 Å². The van der Waals surface area contributed by atoms with Crippen LogP contribution in [0.25, 0.3) is 0 Å². The number of carbonyl (C=O) groups excluding carboxylic acids is 1. The van der Waals surface area contributed by atoms with Gasteiger partial charge in [0.15, 0.2) is 0 Å². The number of nitrogen functional groups attached to an aromatic ring is 1. The van der Waals surface area contributed by atoms with Crippen LogP contribution in [0.3, 0.4) is 0 Å². The lowest BCUT2D eigenvalue weighted by Crippen LogP contribution is -2.22. The minimum Gasteiger partial charge on any atom is -0.462 e. The molecule has 9 heteroatoms. The number of carbonyl (C=O) groups is 1. The van der Waals surface area contributed by atoms with Crippen molar-refractivity contribution in [3.63, 3.8) is 0 Å². The van der Waals surface area contributed by atoms with Crippen LogP contribution in [-0.2, 0) is 11.3 Å². The minimum atomic E-state index is -4.99. The molecule has 0 unspecified atom stereocenters. The largest absolute Gasteiger partial charge is 0.574 e. The van der Waals surface area contributed by atoms with Crippen LogP contribution < -0.4 is 16.2 Å². The monoisotopic (exact) mass is 279 g/mol. The van der Waals surface area contributed by atoms with Gasteiger partial charge in [0.25, 0.3) is 0 Å². The zero-order chi connectivity index (χ0) is 14.6. The number of alkyl halides is 3. The second-order valence-electron chi connectivity index (χ2n) is 3.34. The summed E-state index contributed by atoms with van der Waals surface area (Å²) in [7, 11) is 0. The second kappa shape index (κ2) is 5.74. The average molecular weight is 279 g/mol. The zero-order valence-corrected chi connectivity index (χ0v) is 9.95. The van der Waals surface area contributed by atoms with Gasteiger partial charge in [-0.3, -0.25) is 0 Å². The Balaban J connectivity index is 3.34. The third-order valence-electron chi connectivity index (χ3n) is 2.08. The van der Waals surface area contributed by atoms with E-state index in [2.05, 4.69) is 14.5 Å². The Bertz CT molecular complexity index is 477. The van der Waals surface area contributed by atoms with Gasteiger partial charge in [0, 0.05) is 12.1 Å². The molecule has 0 amide bonds. The van der Waals surface area contributed by atoms with Crippen LogP contribution in [0.4, 0.5) is 18.9 Å². The van der Waals surface area contributed by atoms with Crippen molar-refractivity contribution >= 4 is 11.7 Å². The van der Waals surface area contributed by atoms with Gasteiger partial charge >= 0.3 is 12.3 Å². The summed E-state index contributed by atoms with van der Waals surface area (Å²) in [5.74, 6) is -1.96. The smallest absolute Gasteiger partial charge is 0.462 e. The Morgan fingerprint density at radius 3 is 2.58 bits per heavy atom. The first-order chi connectivity index (χ1) is 8.80. The highest BCUT2D eigenvalue weighted by Crippen LogP contribution is 2.29. The number of esters is 1. The molecule has 1 heterocycles. The molecule has 0 fully saturated rings. The molecule has 106 valence electrons. The van der Waals surface area contributed by atoms with Crippen molar-refractivity contribution in [1.29, 1.82) is 0 Å². The lowest BCUT2D eigenvalue weighted by atomic mass is 10.1. The van der Waals surface area contributed by atoms with Crippen LogP contribution >= 0.6 is 0 Å². The number of anilines is 1. The van der Waals surface area contributed by atoms with Crippen molar-refractivity contribution in [1.82, 2.24) is 4.98 Å². The van der Waals surface area contributed by atoms with Crippen molar-refractivity contribution in [2.45, 2.75) is 19.8 Å². The Morgan fingerprint density at radius 2 is 2.11 bits per heavy atom. The number of halogens is 3. The van der Waals surface area contributed by atoms with Gasteiger partial charge < -0.3 is 20.9 Å². The molecule has 0 saturated carbocycles. The normalized spacial score (nSPS) is 11.2. The molecular weight excluding hydrogens is 267 g/mol. The summed E-state index contributed by atoms with van der Waals surface area (Å²) >= 11 is 0. The molecule has 0 aliphatic carbocycles. The fourth-order valence-corrected chi connectivity index (χ4v) is 1.36. The molecule has 0 aliphatic heterocycles. The third kappa shape index (κ3) is 3.71. The van der Waals surface area contributed by atoms with Crippen molar-refractivity contribution in [2.75, 3.05) is 12.3 Å². The number of ether oxygens (including phenoxy) is 2. The van der Waals surface area contributed by atoms with Gasteiger partial charge in [0.2, 0.25) is 5.88 Å². The number of nitrogens with zero attached hydrogens (tertiary/aromatic N) is 1. The van der Waals surface area contributed by atoms with E-state index in [1.54, 1.807) is 0 Å². The van der Waals surface area contributed by atoms with E-state index in [1.807, 2.05) is 0 Å². The highest BCUT2D eigenvalue weighted by atomic mass is 19.4. The van der Waals surface area contributed by atoms with Crippen molar-refractivity contribution in [3.05, 3.63) is 17.3 Å². The van der Waals surface area contributed by atoms with Crippen LogP contribution in [0.2, 0.25) is 0 Å². The molecule has 6 nitrogen and oxygen atoms in total. The number of rotatable bonds is 4. The zero-order valence-electron chi connectivity index (χ0n) is 9.95. The molecule has 0 aliphatic rings. The second-order valence-corrected chi connectivity index (χ2v) is 3.34. The van der Waals surface area contributed by atoms with Crippen LogP contribution in [0.15, 0.2) is 6.20 Å². The van der Waals surface area contributed by atoms with Gasteiger partial charge in [-0.2, -0.15) is 0 Å². The maximum absolute atomic E-state index is 12.2. The first-order valence-electron chi connectivity index (χ1n) is 5.20. The summed E-state index contributed by atoms with van der Waals surface area (Å²) in [6.07, 6.45) is -4.05. The summed E-state index contributed by atoms with van der Waals surface area (Å²) in [6, 6.07) is 0. The number of hydrogen-bond donors (Lipinski definition) is 2. The highest BCUT2D eigenvalue weighted by Gasteiger charge is 2.35. The predicted molar refractivity (Wildman–Crippen MR) is 59.2 cm³/mol. The quantitative estimate of drug-likeness (QED) is 0.803. The van der Waals surface area contributed by atoms with E-state index in [4.69, 9.17) is 11.5 Å². The van der Waals surface area contributed by atoms with Crippen LogP contribution in [0.5, 0.6) is 5.88 Å². The molecule has 0 aromatic carbocycles. The molecule has 0 saturated heterocycles. The molecule has 0 radical (unpaired) electrons.